The van der Waals surface area contributed by atoms with Gasteiger partial charge >= 0.3 is 0 Å². The quantitative estimate of drug-likeness (QED) is 0.759. The molecule has 1 N–H and O–H groups in total. The van der Waals surface area contributed by atoms with E-state index in [0.717, 1.165) is 11.5 Å². The molecular formula is C11H7FN2O2S. The average molecular weight is 250 g/mol. The van der Waals surface area contributed by atoms with Crippen LogP contribution < -0.4 is 0 Å². The first-order chi connectivity index (χ1) is 8.24. The molecule has 0 aliphatic rings. The van der Waals surface area contributed by atoms with Gasteiger partial charge in [0.1, 0.15) is 22.9 Å². The highest BCUT2D eigenvalue weighted by molar-refractivity contribution is 7.03. The molecule has 6 heteroatoms. The predicted octanol–water partition coefficient (Wildman–Crippen LogP) is 2.51. The predicted molar refractivity (Wildman–Crippen MR) is 60.1 cm³/mol. The van der Waals surface area contributed by atoms with Crippen molar-refractivity contribution in [2.24, 2.45) is 0 Å². The third-order valence-electron chi connectivity index (χ3n) is 2.42. The second-order valence-electron chi connectivity index (χ2n) is 3.56. The Labute approximate surface area is 99.5 Å². The number of hydrogen-bond acceptors (Lipinski definition) is 5. The summed E-state index contributed by atoms with van der Waals surface area (Å²) in [6.45, 7) is 0. The number of aliphatic hydroxyl groups is 1. The van der Waals surface area contributed by atoms with Crippen LogP contribution in [0.15, 0.2) is 34.1 Å². The van der Waals surface area contributed by atoms with Gasteiger partial charge in [-0.15, -0.1) is 5.10 Å². The van der Waals surface area contributed by atoms with Crippen molar-refractivity contribution in [3.05, 3.63) is 46.9 Å². The van der Waals surface area contributed by atoms with Crippen LogP contribution in [-0.2, 0) is 0 Å². The highest BCUT2D eigenvalue weighted by atomic mass is 32.1. The van der Waals surface area contributed by atoms with Crippen molar-refractivity contribution in [1.82, 2.24) is 9.59 Å². The largest absolute Gasteiger partial charge is 0.458 e. The van der Waals surface area contributed by atoms with Gasteiger partial charge < -0.3 is 9.52 Å². The highest BCUT2D eigenvalue weighted by Gasteiger charge is 2.18. The van der Waals surface area contributed by atoms with Gasteiger partial charge in [-0.05, 0) is 35.8 Å². The molecule has 3 rings (SSSR count). The van der Waals surface area contributed by atoms with Gasteiger partial charge in [-0.25, -0.2) is 4.39 Å². The topological polar surface area (TPSA) is 59.2 Å². The fourth-order valence-electron chi connectivity index (χ4n) is 1.61. The molecule has 0 fully saturated rings. The van der Waals surface area contributed by atoms with Gasteiger partial charge in [0.25, 0.3) is 0 Å². The number of hydrogen-bond donors (Lipinski definition) is 1. The van der Waals surface area contributed by atoms with Crippen molar-refractivity contribution >= 4 is 22.5 Å². The molecule has 3 aromatic rings. The second-order valence-corrected chi connectivity index (χ2v) is 4.17. The lowest BCUT2D eigenvalue weighted by atomic mass is 10.2. The molecule has 2 heterocycles. The number of furan rings is 1. The minimum atomic E-state index is -0.968. The van der Waals surface area contributed by atoms with Gasteiger partial charge in [-0.1, -0.05) is 4.49 Å². The van der Waals surface area contributed by atoms with E-state index in [4.69, 9.17) is 4.42 Å². The van der Waals surface area contributed by atoms with Crippen molar-refractivity contribution in [3.8, 4) is 0 Å². The number of aliphatic hydroxyl groups excluding tert-OH is 1. The summed E-state index contributed by atoms with van der Waals surface area (Å²) < 4.78 is 22.1. The summed E-state index contributed by atoms with van der Waals surface area (Å²) in [4.78, 5) is 0. The summed E-state index contributed by atoms with van der Waals surface area (Å²) >= 11 is 1.15. The van der Waals surface area contributed by atoms with E-state index in [1.54, 1.807) is 11.4 Å². The molecule has 4 nitrogen and oxygen atoms in total. The molecule has 0 radical (unpaired) electrons. The fourth-order valence-corrected chi connectivity index (χ4v) is 2.08. The summed E-state index contributed by atoms with van der Waals surface area (Å²) in [5, 5.41) is 16.0. The fraction of sp³-hybridized carbons (Fsp3) is 0.0909. The molecule has 86 valence electrons. The van der Waals surface area contributed by atoms with E-state index in [1.807, 2.05) is 0 Å². The normalized spacial score (nSPS) is 13.1. The Morgan fingerprint density at radius 3 is 3.00 bits per heavy atom. The minimum Gasteiger partial charge on any atom is -0.458 e. The maximum Gasteiger partial charge on any atom is 0.156 e. The van der Waals surface area contributed by atoms with Crippen LogP contribution in [0.2, 0.25) is 0 Å². The zero-order valence-electron chi connectivity index (χ0n) is 8.50. The van der Waals surface area contributed by atoms with Crippen LogP contribution in [0, 0.1) is 5.82 Å². The molecule has 0 saturated heterocycles. The highest BCUT2D eigenvalue weighted by Crippen LogP contribution is 2.27. The Morgan fingerprint density at radius 1 is 1.35 bits per heavy atom. The Balaban J connectivity index is 2.06. The molecule has 0 saturated carbocycles. The van der Waals surface area contributed by atoms with E-state index >= 15 is 0 Å². The summed E-state index contributed by atoms with van der Waals surface area (Å²) in [6, 6.07) is 5.79. The van der Waals surface area contributed by atoms with Gasteiger partial charge in [-0.3, -0.25) is 0 Å². The van der Waals surface area contributed by atoms with Crippen molar-refractivity contribution in [2.45, 2.75) is 6.10 Å². The monoisotopic (exact) mass is 250 g/mol. The van der Waals surface area contributed by atoms with Crippen molar-refractivity contribution in [2.75, 3.05) is 0 Å². The summed E-state index contributed by atoms with van der Waals surface area (Å²) in [7, 11) is 0. The van der Waals surface area contributed by atoms with Crippen LogP contribution >= 0.6 is 11.5 Å². The van der Waals surface area contributed by atoms with Crippen LogP contribution in [0.25, 0.3) is 11.0 Å². The van der Waals surface area contributed by atoms with Crippen LogP contribution in [0.5, 0.6) is 0 Å². The van der Waals surface area contributed by atoms with Gasteiger partial charge in [-0.2, -0.15) is 0 Å². The third-order valence-corrected chi connectivity index (χ3v) is 2.95. The third kappa shape index (κ3) is 1.81. The van der Waals surface area contributed by atoms with Crippen molar-refractivity contribution < 1.29 is 13.9 Å². The van der Waals surface area contributed by atoms with Crippen molar-refractivity contribution in [1.29, 1.82) is 0 Å². The average Bonchev–Trinajstić information content (AvgIpc) is 2.96. The zero-order valence-corrected chi connectivity index (χ0v) is 9.32. The lowest BCUT2D eigenvalue weighted by Crippen LogP contribution is -1.97. The van der Waals surface area contributed by atoms with Gasteiger partial charge in [0.2, 0.25) is 0 Å². The van der Waals surface area contributed by atoms with Gasteiger partial charge in [0.05, 0.1) is 0 Å². The Hall–Kier alpha value is -1.79. The number of halogens is 1. The van der Waals surface area contributed by atoms with Gasteiger partial charge in [0, 0.05) is 10.8 Å². The first kappa shape index (κ1) is 10.4. The molecule has 0 amide bonds. The minimum absolute atomic E-state index is 0.332. The SMILES string of the molecule is OC(c1csnn1)c1cc2cc(F)ccc2o1. The number of nitrogens with zero attached hydrogens (tertiary/aromatic N) is 2. The zero-order chi connectivity index (χ0) is 11.8. The molecule has 1 atom stereocenters. The number of benzene rings is 1. The van der Waals surface area contributed by atoms with Crippen LogP contribution in [0.4, 0.5) is 4.39 Å². The lowest BCUT2D eigenvalue weighted by molar-refractivity contribution is 0.187. The Morgan fingerprint density at radius 2 is 2.24 bits per heavy atom. The Bertz CT molecular complexity index is 651. The van der Waals surface area contributed by atoms with Crippen LogP contribution in [-0.4, -0.2) is 14.7 Å². The molecule has 0 aliphatic heterocycles. The molecule has 17 heavy (non-hydrogen) atoms. The van der Waals surface area contributed by atoms with E-state index in [2.05, 4.69) is 9.59 Å². The molecule has 0 bridgehead atoms. The maximum absolute atomic E-state index is 13.0. The van der Waals surface area contributed by atoms with E-state index in [-0.39, 0.29) is 5.82 Å². The van der Waals surface area contributed by atoms with Crippen LogP contribution in [0.3, 0.4) is 0 Å². The number of fused-ring (bicyclic) bond motifs is 1. The Kier molecular flexibility index (Phi) is 2.38. The molecular weight excluding hydrogens is 243 g/mol. The first-order valence-electron chi connectivity index (χ1n) is 4.88. The van der Waals surface area contributed by atoms with E-state index in [9.17, 15) is 9.50 Å². The number of aromatic nitrogens is 2. The molecule has 1 unspecified atom stereocenters. The molecule has 0 aliphatic carbocycles. The van der Waals surface area contributed by atoms with E-state index in [0.29, 0.717) is 22.4 Å². The maximum atomic E-state index is 13.0. The van der Waals surface area contributed by atoms with Crippen LogP contribution in [0.1, 0.15) is 17.6 Å². The molecule has 1 aromatic carbocycles. The first-order valence-corrected chi connectivity index (χ1v) is 5.72. The molecule has 2 aromatic heterocycles. The van der Waals surface area contributed by atoms with Gasteiger partial charge in [0.15, 0.2) is 6.10 Å². The summed E-state index contributed by atoms with van der Waals surface area (Å²) in [5.74, 6) is -0.00651. The number of rotatable bonds is 2. The van der Waals surface area contributed by atoms with E-state index in [1.165, 1.54) is 18.2 Å². The van der Waals surface area contributed by atoms with Crippen molar-refractivity contribution in [3.63, 3.8) is 0 Å². The summed E-state index contributed by atoms with van der Waals surface area (Å²) in [6.07, 6.45) is -0.968. The van der Waals surface area contributed by atoms with E-state index < -0.39 is 6.10 Å². The smallest absolute Gasteiger partial charge is 0.156 e. The standard InChI is InChI=1S/C11H7FN2O2S/c12-7-1-2-9-6(3-7)4-10(16-9)11(15)8-5-17-14-13-8/h1-5,11,15H. The lowest BCUT2D eigenvalue weighted by Gasteiger charge is -2.01. The summed E-state index contributed by atoms with van der Waals surface area (Å²) in [5.41, 5.74) is 0.957. The molecule has 0 spiro atoms. The second kappa shape index (κ2) is 3.90.